The minimum atomic E-state index is -0.274. The number of rotatable bonds is 5. The highest BCUT2D eigenvalue weighted by Gasteiger charge is 2.28. The highest BCUT2D eigenvalue weighted by Crippen LogP contribution is 2.31. The molecule has 0 saturated carbocycles. The van der Waals surface area contributed by atoms with Crippen molar-refractivity contribution in [3.63, 3.8) is 0 Å². The van der Waals surface area contributed by atoms with Crippen molar-refractivity contribution in [1.29, 1.82) is 0 Å². The van der Waals surface area contributed by atoms with E-state index in [1.54, 1.807) is 19.1 Å². The van der Waals surface area contributed by atoms with E-state index in [9.17, 15) is 9.18 Å². The van der Waals surface area contributed by atoms with Crippen molar-refractivity contribution in [2.75, 3.05) is 19.7 Å². The van der Waals surface area contributed by atoms with Gasteiger partial charge >= 0.3 is 5.97 Å². The Morgan fingerprint density at radius 3 is 2.80 bits per heavy atom. The van der Waals surface area contributed by atoms with Crippen LogP contribution >= 0.6 is 15.9 Å². The van der Waals surface area contributed by atoms with E-state index in [1.807, 2.05) is 0 Å². The van der Waals surface area contributed by atoms with Crippen LogP contribution in [0.4, 0.5) is 4.39 Å². The number of benzene rings is 1. The molecule has 0 bridgehead atoms. The number of hydrogen-bond acceptors (Lipinski definition) is 3. The predicted octanol–water partition coefficient (Wildman–Crippen LogP) is 3.68. The van der Waals surface area contributed by atoms with Crippen molar-refractivity contribution in [1.82, 2.24) is 4.90 Å². The second kappa shape index (κ2) is 7.18. The second-order valence-corrected chi connectivity index (χ2v) is 5.85. The maximum atomic E-state index is 14.1. The fraction of sp³-hybridized carbons (Fsp3) is 0.533. The van der Waals surface area contributed by atoms with Crippen LogP contribution in [0.3, 0.4) is 0 Å². The van der Waals surface area contributed by atoms with E-state index in [4.69, 9.17) is 4.74 Å². The van der Waals surface area contributed by atoms with Gasteiger partial charge in [-0.1, -0.05) is 15.9 Å². The van der Waals surface area contributed by atoms with Crippen LogP contribution in [0.1, 0.15) is 37.8 Å². The first-order chi connectivity index (χ1) is 9.61. The van der Waals surface area contributed by atoms with Gasteiger partial charge in [0, 0.05) is 16.1 Å². The number of likely N-dealkylation sites (tertiary alicyclic amines) is 1. The van der Waals surface area contributed by atoms with Crippen molar-refractivity contribution in [3.05, 3.63) is 34.1 Å². The van der Waals surface area contributed by atoms with E-state index in [0.717, 1.165) is 30.4 Å². The van der Waals surface area contributed by atoms with Crippen molar-refractivity contribution in [2.24, 2.45) is 0 Å². The number of esters is 1. The summed E-state index contributed by atoms with van der Waals surface area (Å²) in [4.78, 5) is 14.0. The molecule has 1 unspecified atom stereocenters. The first-order valence-electron chi connectivity index (χ1n) is 6.96. The van der Waals surface area contributed by atoms with Gasteiger partial charge < -0.3 is 4.74 Å². The number of halogens is 2. The van der Waals surface area contributed by atoms with Crippen molar-refractivity contribution in [2.45, 2.75) is 32.2 Å². The molecule has 2 rings (SSSR count). The summed E-state index contributed by atoms with van der Waals surface area (Å²) in [7, 11) is 0. The zero-order chi connectivity index (χ0) is 14.5. The van der Waals surface area contributed by atoms with Crippen LogP contribution in [0, 0.1) is 5.82 Å². The van der Waals surface area contributed by atoms with Gasteiger partial charge in [-0.25, -0.2) is 4.39 Å². The number of ether oxygens (including phenoxy) is 1. The lowest BCUT2D eigenvalue weighted by atomic mass is 10.0. The Morgan fingerprint density at radius 2 is 2.15 bits per heavy atom. The highest BCUT2D eigenvalue weighted by atomic mass is 79.9. The van der Waals surface area contributed by atoms with E-state index in [1.165, 1.54) is 6.07 Å². The molecule has 1 aromatic carbocycles. The summed E-state index contributed by atoms with van der Waals surface area (Å²) in [6.45, 7) is 3.93. The summed E-state index contributed by atoms with van der Waals surface area (Å²) < 4.78 is 20.0. The summed E-state index contributed by atoms with van der Waals surface area (Å²) in [6.07, 6.45) is 2.38. The van der Waals surface area contributed by atoms with E-state index in [0.29, 0.717) is 12.2 Å². The molecular weight excluding hydrogens is 325 g/mol. The standard InChI is InChI=1S/C15H19BrFNO2/c1-2-20-15(19)10-14(18-7-3-4-8-18)12-9-11(16)5-6-13(12)17/h5-6,9,14H,2-4,7-8,10H2,1H3. The first-order valence-corrected chi connectivity index (χ1v) is 7.75. The number of carbonyl (C=O) groups is 1. The Morgan fingerprint density at radius 1 is 1.45 bits per heavy atom. The topological polar surface area (TPSA) is 29.5 Å². The zero-order valence-electron chi connectivity index (χ0n) is 11.6. The third-order valence-electron chi connectivity index (χ3n) is 3.56. The second-order valence-electron chi connectivity index (χ2n) is 4.93. The van der Waals surface area contributed by atoms with Gasteiger partial charge in [0.2, 0.25) is 0 Å². The molecule has 1 aliphatic heterocycles. The van der Waals surface area contributed by atoms with Crippen LogP contribution in [-0.4, -0.2) is 30.6 Å². The van der Waals surface area contributed by atoms with E-state index < -0.39 is 0 Å². The molecule has 110 valence electrons. The SMILES string of the molecule is CCOC(=O)CC(c1cc(Br)ccc1F)N1CCCC1. The maximum Gasteiger partial charge on any atom is 0.307 e. The average molecular weight is 344 g/mol. The predicted molar refractivity (Wildman–Crippen MR) is 78.9 cm³/mol. The van der Waals surface area contributed by atoms with E-state index >= 15 is 0 Å². The third kappa shape index (κ3) is 3.79. The lowest BCUT2D eigenvalue weighted by Gasteiger charge is -2.27. The van der Waals surface area contributed by atoms with Gasteiger partial charge in [0.15, 0.2) is 0 Å². The summed E-state index contributed by atoms with van der Waals surface area (Å²) in [5.41, 5.74) is 0.564. The quantitative estimate of drug-likeness (QED) is 0.764. The molecule has 1 heterocycles. The molecule has 20 heavy (non-hydrogen) atoms. The molecule has 1 aromatic rings. The minimum absolute atomic E-state index is 0.196. The van der Waals surface area contributed by atoms with Crippen LogP contribution in [-0.2, 0) is 9.53 Å². The number of hydrogen-bond donors (Lipinski definition) is 0. The van der Waals surface area contributed by atoms with Crippen LogP contribution in [0.25, 0.3) is 0 Å². The summed E-state index contributed by atoms with van der Waals surface area (Å²) in [5.74, 6) is -0.543. The fourth-order valence-electron chi connectivity index (χ4n) is 2.64. The lowest BCUT2D eigenvalue weighted by Crippen LogP contribution is -2.29. The molecule has 0 aliphatic carbocycles. The average Bonchev–Trinajstić information content (AvgIpc) is 2.93. The number of carbonyl (C=O) groups excluding carboxylic acids is 1. The smallest absolute Gasteiger partial charge is 0.307 e. The minimum Gasteiger partial charge on any atom is -0.466 e. The molecule has 0 amide bonds. The first kappa shape index (κ1) is 15.4. The molecule has 0 N–H and O–H groups in total. The highest BCUT2D eigenvalue weighted by molar-refractivity contribution is 9.10. The van der Waals surface area contributed by atoms with Crippen LogP contribution < -0.4 is 0 Å². The Labute approximate surface area is 127 Å². The summed E-state index contributed by atoms with van der Waals surface area (Å²) in [5, 5.41) is 0. The molecule has 3 nitrogen and oxygen atoms in total. The zero-order valence-corrected chi connectivity index (χ0v) is 13.2. The van der Waals surface area contributed by atoms with Gasteiger partial charge in [0.1, 0.15) is 5.82 Å². The summed E-state index contributed by atoms with van der Waals surface area (Å²) >= 11 is 3.37. The van der Waals surface area contributed by atoms with Crippen molar-refractivity contribution < 1.29 is 13.9 Å². The van der Waals surface area contributed by atoms with E-state index in [-0.39, 0.29) is 24.2 Å². The monoisotopic (exact) mass is 343 g/mol. The third-order valence-corrected chi connectivity index (χ3v) is 4.06. The Hall–Kier alpha value is -0.940. The van der Waals surface area contributed by atoms with Gasteiger partial charge in [0.05, 0.1) is 13.0 Å². The molecule has 1 saturated heterocycles. The maximum absolute atomic E-state index is 14.1. The van der Waals surface area contributed by atoms with Crippen LogP contribution in [0.5, 0.6) is 0 Å². The lowest BCUT2D eigenvalue weighted by molar-refractivity contribution is -0.144. The fourth-order valence-corrected chi connectivity index (χ4v) is 3.02. The largest absolute Gasteiger partial charge is 0.466 e. The molecule has 1 atom stereocenters. The van der Waals surface area contributed by atoms with Gasteiger partial charge in [-0.05, 0) is 51.1 Å². The van der Waals surface area contributed by atoms with Crippen molar-refractivity contribution >= 4 is 21.9 Å². The molecule has 0 radical (unpaired) electrons. The molecule has 1 fully saturated rings. The Bertz CT molecular complexity index is 475. The Balaban J connectivity index is 2.25. The number of nitrogens with zero attached hydrogens (tertiary/aromatic N) is 1. The van der Waals surface area contributed by atoms with Gasteiger partial charge in [-0.15, -0.1) is 0 Å². The molecule has 5 heteroatoms. The molecule has 0 aromatic heterocycles. The van der Waals surface area contributed by atoms with Gasteiger partial charge in [-0.2, -0.15) is 0 Å². The Kier molecular flexibility index (Phi) is 5.54. The summed E-state index contributed by atoms with van der Waals surface area (Å²) in [6, 6.07) is 4.63. The molecule has 1 aliphatic rings. The van der Waals surface area contributed by atoms with Gasteiger partial charge in [0.25, 0.3) is 0 Å². The molecule has 0 spiro atoms. The van der Waals surface area contributed by atoms with Crippen LogP contribution in [0.2, 0.25) is 0 Å². The van der Waals surface area contributed by atoms with Gasteiger partial charge in [-0.3, -0.25) is 9.69 Å². The van der Waals surface area contributed by atoms with E-state index in [2.05, 4.69) is 20.8 Å². The molecular formula is C15H19BrFNO2. The normalized spacial score (nSPS) is 17.1. The van der Waals surface area contributed by atoms with Crippen molar-refractivity contribution in [3.8, 4) is 0 Å². The van der Waals surface area contributed by atoms with Crippen LogP contribution in [0.15, 0.2) is 22.7 Å².